The van der Waals surface area contributed by atoms with Gasteiger partial charge in [-0.05, 0) is 37.3 Å². The molecule has 1 heterocycles. The maximum atomic E-state index is 12.3. The second-order valence-electron chi connectivity index (χ2n) is 6.37. The van der Waals surface area contributed by atoms with E-state index >= 15 is 0 Å². The van der Waals surface area contributed by atoms with Crippen LogP contribution in [0.2, 0.25) is 0 Å². The summed E-state index contributed by atoms with van der Waals surface area (Å²) in [4.78, 5) is 35.5. The second-order valence-corrected chi connectivity index (χ2v) is 6.37. The Morgan fingerprint density at radius 2 is 1.95 bits per heavy atom. The largest absolute Gasteiger partial charge is 0.481 e. The van der Waals surface area contributed by atoms with Crippen LogP contribution < -0.4 is 10.9 Å². The number of furan rings is 1. The molecule has 2 atom stereocenters. The SMILES string of the molecule is CC1(C(=O)O)CCC(C(=O)NNC(=O)c2ccco2)C1(C)C. The fourth-order valence-corrected chi connectivity index (χ4v) is 3.02. The van der Waals surface area contributed by atoms with Gasteiger partial charge in [0, 0.05) is 5.92 Å². The Balaban J connectivity index is 2.02. The van der Waals surface area contributed by atoms with Gasteiger partial charge in [-0.1, -0.05) is 13.8 Å². The van der Waals surface area contributed by atoms with E-state index in [2.05, 4.69) is 10.9 Å². The molecule has 1 aliphatic carbocycles. The van der Waals surface area contributed by atoms with Crippen LogP contribution in [0.15, 0.2) is 22.8 Å². The van der Waals surface area contributed by atoms with Crippen molar-refractivity contribution in [3.63, 3.8) is 0 Å². The van der Waals surface area contributed by atoms with Crippen molar-refractivity contribution in [2.24, 2.45) is 16.7 Å². The highest BCUT2D eigenvalue weighted by atomic mass is 16.4. The van der Waals surface area contributed by atoms with Gasteiger partial charge in [-0.2, -0.15) is 0 Å². The van der Waals surface area contributed by atoms with E-state index < -0.39 is 34.5 Å². The lowest BCUT2D eigenvalue weighted by atomic mass is 9.65. The van der Waals surface area contributed by atoms with Crippen LogP contribution in [0.3, 0.4) is 0 Å². The van der Waals surface area contributed by atoms with Crippen LogP contribution in [-0.4, -0.2) is 22.9 Å². The highest BCUT2D eigenvalue weighted by molar-refractivity contribution is 5.93. The Kier molecular flexibility index (Phi) is 4.00. The fourth-order valence-electron chi connectivity index (χ4n) is 3.02. The van der Waals surface area contributed by atoms with Crippen LogP contribution in [0.25, 0.3) is 0 Å². The van der Waals surface area contributed by atoms with E-state index in [4.69, 9.17) is 4.42 Å². The first-order chi connectivity index (χ1) is 10.2. The van der Waals surface area contributed by atoms with Gasteiger partial charge in [0.05, 0.1) is 11.7 Å². The molecule has 7 nitrogen and oxygen atoms in total. The van der Waals surface area contributed by atoms with Gasteiger partial charge in [0.25, 0.3) is 0 Å². The summed E-state index contributed by atoms with van der Waals surface area (Å²) in [5.41, 5.74) is 2.93. The number of nitrogens with one attached hydrogen (secondary N) is 2. The van der Waals surface area contributed by atoms with Crippen LogP contribution >= 0.6 is 0 Å². The highest BCUT2D eigenvalue weighted by Gasteiger charge is 2.58. The highest BCUT2D eigenvalue weighted by Crippen LogP contribution is 2.56. The Morgan fingerprint density at radius 1 is 1.27 bits per heavy atom. The third-order valence-corrected chi connectivity index (χ3v) is 5.06. The molecule has 2 unspecified atom stereocenters. The first-order valence-corrected chi connectivity index (χ1v) is 7.07. The molecule has 0 spiro atoms. The molecule has 0 saturated heterocycles. The van der Waals surface area contributed by atoms with Crippen molar-refractivity contribution in [2.75, 3.05) is 0 Å². The monoisotopic (exact) mass is 308 g/mol. The number of hydrogen-bond acceptors (Lipinski definition) is 4. The van der Waals surface area contributed by atoms with E-state index in [1.165, 1.54) is 12.3 Å². The van der Waals surface area contributed by atoms with Gasteiger partial charge >= 0.3 is 11.9 Å². The molecule has 0 aliphatic heterocycles. The van der Waals surface area contributed by atoms with Gasteiger partial charge < -0.3 is 9.52 Å². The molecule has 0 radical (unpaired) electrons. The summed E-state index contributed by atoms with van der Waals surface area (Å²) in [5, 5.41) is 9.44. The van der Waals surface area contributed by atoms with E-state index in [1.807, 2.05) is 0 Å². The molecule has 22 heavy (non-hydrogen) atoms. The molecular weight excluding hydrogens is 288 g/mol. The molecule has 1 saturated carbocycles. The maximum Gasteiger partial charge on any atom is 0.309 e. The summed E-state index contributed by atoms with van der Waals surface area (Å²) < 4.78 is 4.92. The summed E-state index contributed by atoms with van der Waals surface area (Å²) in [7, 11) is 0. The first-order valence-electron chi connectivity index (χ1n) is 7.07. The van der Waals surface area contributed by atoms with Gasteiger partial charge in [-0.3, -0.25) is 25.2 Å². The number of hydrazine groups is 1. The maximum absolute atomic E-state index is 12.3. The standard InChI is InChI=1S/C15H20N2O5/c1-14(2)9(6-7-15(14,3)13(20)21)11(18)16-17-12(19)10-5-4-8-22-10/h4-5,8-9H,6-7H2,1-3H3,(H,16,18)(H,17,19)(H,20,21). The molecule has 1 aromatic rings. The molecule has 3 N–H and O–H groups in total. The van der Waals surface area contributed by atoms with E-state index in [9.17, 15) is 19.5 Å². The zero-order chi connectivity index (χ0) is 16.5. The Hall–Kier alpha value is -2.31. The van der Waals surface area contributed by atoms with Crippen molar-refractivity contribution >= 4 is 17.8 Å². The van der Waals surface area contributed by atoms with Gasteiger partial charge in [0.2, 0.25) is 5.91 Å². The van der Waals surface area contributed by atoms with E-state index in [1.54, 1.807) is 26.8 Å². The average molecular weight is 308 g/mol. The van der Waals surface area contributed by atoms with Crippen LogP contribution in [0.5, 0.6) is 0 Å². The molecule has 7 heteroatoms. The van der Waals surface area contributed by atoms with Crippen molar-refractivity contribution in [3.05, 3.63) is 24.2 Å². The summed E-state index contributed by atoms with van der Waals surface area (Å²) in [5.74, 6) is -2.27. The van der Waals surface area contributed by atoms with Crippen molar-refractivity contribution in [3.8, 4) is 0 Å². The lowest BCUT2D eigenvalue weighted by Crippen LogP contribution is -2.49. The quantitative estimate of drug-likeness (QED) is 0.734. The van der Waals surface area contributed by atoms with Crippen LogP contribution in [-0.2, 0) is 9.59 Å². The van der Waals surface area contributed by atoms with Gasteiger partial charge in [0.15, 0.2) is 5.76 Å². The molecular formula is C15H20N2O5. The topological polar surface area (TPSA) is 109 Å². The predicted molar refractivity (Wildman–Crippen MR) is 76.6 cm³/mol. The lowest BCUT2D eigenvalue weighted by molar-refractivity contribution is -0.155. The number of aliphatic carboxylic acids is 1. The number of hydrogen-bond donors (Lipinski definition) is 3. The number of amides is 2. The van der Waals surface area contributed by atoms with Crippen molar-refractivity contribution in [1.29, 1.82) is 0 Å². The number of rotatable bonds is 3. The molecule has 1 fully saturated rings. The van der Waals surface area contributed by atoms with Crippen LogP contribution in [0.1, 0.15) is 44.2 Å². The normalized spacial score (nSPS) is 26.4. The number of carbonyl (C=O) groups excluding carboxylic acids is 2. The fraction of sp³-hybridized carbons (Fsp3) is 0.533. The number of carboxylic acid groups (broad SMARTS) is 1. The molecule has 120 valence electrons. The lowest BCUT2D eigenvalue weighted by Gasteiger charge is -2.37. The number of carbonyl (C=O) groups is 3. The second kappa shape index (κ2) is 5.47. The van der Waals surface area contributed by atoms with E-state index in [0.717, 1.165) is 0 Å². The zero-order valence-electron chi connectivity index (χ0n) is 12.8. The minimum Gasteiger partial charge on any atom is -0.481 e. The first kappa shape index (κ1) is 16.1. The summed E-state index contributed by atoms with van der Waals surface area (Å²) in [6.45, 7) is 5.20. The summed E-state index contributed by atoms with van der Waals surface area (Å²) >= 11 is 0. The predicted octanol–water partition coefficient (Wildman–Crippen LogP) is 1.57. The summed E-state index contributed by atoms with van der Waals surface area (Å²) in [6, 6.07) is 3.04. The molecule has 2 amide bonds. The van der Waals surface area contributed by atoms with Crippen LogP contribution in [0, 0.1) is 16.7 Å². The average Bonchev–Trinajstić information content (AvgIpc) is 3.04. The van der Waals surface area contributed by atoms with Gasteiger partial charge in [0.1, 0.15) is 0 Å². The Morgan fingerprint density at radius 3 is 2.45 bits per heavy atom. The molecule has 0 aromatic carbocycles. The van der Waals surface area contributed by atoms with Gasteiger partial charge in [-0.25, -0.2) is 0 Å². The third-order valence-electron chi connectivity index (χ3n) is 5.06. The van der Waals surface area contributed by atoms with Crippen molar-refractivity contribution < 1.29 is 23.9 Å². The van der Waals surface area contributed by atoms with Gasteiger partial charge in [-0.15, -0.1) is 0 Å². The van der Waals surface area contributed by atoms with Crippen molar-refractivity contribution in [2.45, 2.75) is 33.6 Å². The summed E-state index contributed by atoms with van der Waals surface area (Å²) in [6.07, 6.45) is 2.23. The molecule has 1 aliphatic rings. The molecule has 1 aromatic heterocycles. The van der Waals surface area contributed by atoms with Crippen molar-refractivity contribution in [1.82, 2.24) is 10.9 Å². The molecule has 2 rings (SSSR count). The van der Waals surface area contributed by atoms with Crippen LogP contribution in [0.4, 0.5) is 0 Å². The third kappa shape index (κ3) is 2.47. The Labute approximate surface area is 128 Å². The minimum absolute atomic E-state index is 0.0846. The van der Waals surface area contributed by atoms with E-state index in [0.29, 0.717) is 12.8 Å². The van der Waals surface area contributed by atoms with E-state index in [-0.39, 0.29) is 5.76 Å². The zero-order valence-corrected chi connectivity index (χ0v) is 12.8. The minimum atomic E-state index is -0.972. The molecule has 0 bridgehead atoms. The number of carboxylic acids is 1. The Bertz CT molecular complexity index is 593. The smallest absolute Gasteiger partial charge is 0.309 e.